The molecular weight excluding hydrogens is 510 g/mol. The molecule has 0 radical (unpaired) electrons. The van der Waals surface area contributed by atoms with Gasteiger partial charge in [-0.1, -0.05) is 68.8 Å². The molecule has 204 valence electrons. The molecule has 2 amide bonds. The summed E-state index contributed by atoms with van der Waals surface area (Å²) in [5, 5.41) is 3.44. The van der Waals surface area contributed by atoms with Crippen LogP contribution in [0.1, 0.15) is 51.2 Å². The molecule has 0 aliphatic carbocycles. The van der Waals surface area contributed by atoms with Gasteiger partial charge in [0.25, 0.3) is 0 Å². The number of nitrogens with one attached hydrogen (secondary N) is 1. The zero-order chi connectivity index (χ0) is 27.6. The van der Waals surface area contributed by atoms with Crippen molar-refractivity contribution < 1.29 is 18.0 Å². The molecule has 9 heteroatoms. The number of hydrogen-bond acceptors (Lipinski definition) is 4. The van der Waals surface area contributed by atoms with Gasteiger partial charge in [-0.2, -0.15) is 0 Å². The Labute approximate surface area is 227 Å². The van der Waals surface area contributed by atoms with E-state index in [0.717, 1.165) is 11.8 Å². The molecule has 0 aliphatic rings. The van der Waals surface area contributed by atoms with E-state index in [1.807, 2.05) is 51.1 Å². The summed E-state index contributed by atoms with van der Waals surface area (Å²) in [5.41, 5.74) is 2.25. The molecule has 0 aliphatic heterocycles. The van der Waals surface area contributed by atoms with Crippen LogP contribution >= 0.6 is 11.6 Å². The largest absolute Gasteiger partial charge is 0.354 e. The number of halogens is 1. The van der Waals surface area contributed by atoms with Gasteiger partial charge in [-0.15, -0.1) is 0 Å². The number of carbonyl (C=O) groups excluding carboxylic acids is 2. The van der Waals surface area contributed by atoms with Crippen molar-refractivity contribution in [1.29, 1.82) is 0 Å². The predicted molar refractivity (Wildman–Crippen MR) is 151 cm³/mol. The Morgan fingerprint density at radius 2 is 1.70 bits per heavy atom. The maximum atomic E-state index is 13.5. The molecule has 0 aromatic heterocycles. The summed E-state index contributed by atoms with van der Waals surface area (Å²) < 4.78 is 26.4. The molecule has 1 unspecified atom stereocenters. The lowest BCUT2D eigenvalue weighted by molar-refractivity contribution is -0.140. The normalized spacial score (nSPS) is 12.3. The van der Waals surface area contributed by atoms with Gasteiger partial charge in [-0.3, -0.25) is 13.9 Å². The molecule has 0 spiro atoms. The van der Waals surface area contributed by atoms with Crippen LogP contribution in [0.3, 0.4) is 0 Å². The first-order chi connectivity index (χ1) is 17.5. The van der Waals surface area contributed by atoms with Gasteiger partial charge >= 0.3 is 0 Å². The van der Waals surface area contributed by atoms with Gasteiger partial charge in [0.2, 0.25) is 21.8 Å². The molecule has 0 bridgehead atoms. The zero-order valence-corrected chi connectivity index (χ0v) is 24.1. The minimum absolute atomic E-state index is 0.119. The molecule has 2 aromatic carbocycles. The van der Waals surface area contributed by atoms with Gasteiger partial charge < -0.3 is 10.2 Å². The third kappa shape index (κ3) is 9.34. The minimum Gasteiger partial charge on any atom is -0.354 e. The van der Waals surface area contributed by atoms with E-state index >= 15 is 0 Å². The van der Waals surface area contributed by atoms with Gasteiger partial charge in [0.1, 0.15) is 6.04 Å². The molecule has 0 saturated carbocycles. The first-order valence-electron chi connectivity index (χ1n) is 12.8. The van der Waals surface area contributed by atoms with Gasteiger partial charge in [-0.25, -0.2) is 8.42 Å². The van der Waals surface area contributed by atoms with E-state index in [2.05, 4.69) is 5.32 Å². The summed E-state index contributed by atoms with van der Waals surface area (Å²) in [6, 6.07) is 14.4. The molecule has 2 aromatic rings. The van der Waals surface area contributed by atoms with E-state index < -0.39 is 16.1 Å². The van der Waals surface area contributed by atoms with Gasteiger partial charge in [0.15, 0.2) is 0 Å². The van der Waals surface area contributed by atoms with Crippen LogP contribution < -0.4 is 9.62 Å². The third-order valence-electron chi connectivity index (χ3n) is 6.21. The van der Waals surface area contributed by atoms with Crippen LogP contribution in [0.2, 0.25) is 5.02 Å². The first-order valence-corrected chi connectivity index (χ1v) is 15.0. The fraction of sp³-hybridized carbons (Fsp3) is 0.500. The molecule has 1 atom stereocenters. The Morgan fingerprint density at radius 1 is 1.03 bits per heavy atom. The number of carbonyl (C=O) groups is 2. The fourth-order valence-electron chi connectivity index (χ4n) is 4.17. The van der Waals surface area contributed by atoms with E-state index in [1.165, 1.54) is 4.31 Å². The van der Waals surface area contributed by atoms with E-state index in [1.54, 1.807) is 30.0 Å². The van der Waals surface area contributed by atoms with Crippen molar-refractivity contribution in [1.82, 2.24) is 10.2 Å². The minimum atomic E-state index is -3.59. The van der Waals surface area contributed by atoms with Gasteiger partial charge in [0.05, 0.1) is 11.9 Å². The molecule has 7 nitrogen and oxygen atoms in total. The summed E-state index contributed by atoms with van der Waals surface area (Å²) in [6.45, 7) is 8.79. The maximum Gasteiger partial charge on any atom is 0.242 e. The van der Waals surface area contributed by atoms with E-state index in [-0.39, 0.29) is 24.8 Å². The molecule has 2 rings (SSSR count). The molecule has 1 N–H and O–H groups in total. The number of nitrogens with zero attached hydrogens (tertiary/aromatic N) is 2. The number of amides is 2. The second-order valence-corrected chi connectivity index (χ2v) is 12.0. The third-order valence-corrected chi connectivity index (χ3v) is 7.80. The average Bonchev–Trinajstić information content (AvgIpc) is 2.84. The Kier molecular flexibility index (Phi) is 11.9. The molecule has 37 heavy (non-hydrogen) atoms. The van der Waals surface area contributed by atoms with Crippen LogP contribution in [0.15, 0.2) is 48.5 Å². The number of anilines is 1. The van der Waals surface area contributed by atoms with Crippen LogP contribution in [0.4, 0.5) is 5.69 Å². The van der Waals surface area contributed by atoms with Crippen LogP contribution in [0.25, 0.3) is 0 Å². The maximum absolute atomic E-state index is 13.5. The van der Waals surface area contributed by atoms with Crippen LogP contribution in [0.5, 0.6) is 0 Å². The second-order valence-electron chi connectivity index (χ2n) is 9.71. The monoisotopic (exact) mass is 549 g/mol. The Bertz CT molecular complexity index is 1140. The Balaban J connectivity index is 2.18. The highest BCUT2D eigenvalue weighted by Crippen LogP contribution is 2.28. The second kappa shape index (κ2) is 14.4. The predicted octanol–water partition coefficient (Wildman–Crippen LogP) is 4.82. The van der Waals surface area contributed by atoms with Crippen LogP contribution in [-0.2, 0) is 26.0 Å². The van der Waals surface area contributed by atoms with Crippen molar-refractivity contribution in [3.05, 3.63) is 64.7 Å². The highest BCUT2D eigenvalue weighted by Gasteiger charge is 2.28. The van der Waals surface area contributed by atoms with Crippen LogP contribution in [0, 0.1) is 12.8 Å². The van der Waals surface area contributed by atoms with Gasteiger partial charge in [0, 0.05) is 31.1 Å². The van der Waals surface area contributed by atoms with Crippen LogP contribution in [-0.4, -0.2) is 57.1 Å². The van der Waals surface area contributed by atoms with Crippen molar-refractivity contribution in [3.8, 4) is 0 Å². The molecular formula is C28H40ClN3O4S. The van der Waals surface area contributed by atoms with E-state index in [9.17, 15) is 18.0 Å². The van der Waals surface area contributed by atoms with Crippen molar-refractivity contribution >= 4 is 39.1 Å². The lowest BCUT2D eigenvalue weighted by Crippen LogP contribution is -2.50. The summed E-state index contributed by atoms with van der Waals surface area (Å²) in [7, 11) is -3.59. The number of sulfonamides is 1. The topological polar surface area (TPSA) is 86.8 Å². The average molecular weight is 550 g/mol. The smallest absolute Gasteiger partial charge is 0.242 e. The standard InChI is InChI=1S/C28H40ClN3O4S/c1-6-25(28(34)30-20-21(2)3)31(19-17-23-12-8-7-9-13-23)27(33)16-11-18-32(37(5,35)36)26-15-10-14-24(29)22(26)4/h7-10,12-15,21,25H,6,11,16-20H2,1-5H3,(H,30,34). The van der Waals surface area contributed by atoms with Crippen molar-refractivity contribution in [3.63, 3.8) is 0 Å². The summed E-state index contributed by atoms with van der Waals surface area (Å²) in [6.07, 6.45) is 2.69. The highest BCUT2D eigenvalue weighted by molar-refractivity contribution is 7.92. The molecule has 0 fully saturated rings. The van der Waals surface area contributed by atoms with E-state index in [4.69, 9.17) is 11.6 Å². The van der Waals surface area contributed by atoms with Crippen molar-refractivity contribution in [2.24, 2.45) is 5.92 Å². The highest BCUT2D eigenvalue weighted by atomic mass is 35.5. The van der Waals surface area contributed by atoms with Crippen molar-refractivity contribution in [2.45, 2.75) is 59.4 Å². The van der Waals surface area contributed by atoms with E-state index in [0.29, 0.717) is 54.5 Å². The Morgan fingerprint density at radius 3 is 2.30 bits per heavy atom. The molecule has 0 saturated heterocycles. The number of benzene rings is 2. The van der Waals surface area contributed by atoms with Crippen molar-refractivity contribution in [2.75, 3.05) is 30.2 Å². The lowest BCUT2D eigenvalue weighted by atomic mass is 10.1. The quantitative estimate of drug-likeness (QED) is 0.366. The summed E-state index contributed by atoms with van der Waals surface area (Å²) in [5.74, 6) is -0.0319. The summed E-state index contributed by atoms with van der Waals surface area (Å²) >= 11 is 6.22. The number of hydrogen-bond donors (Lipinski definition) is 1. The fourth-order valence-corrected chi connectivity index (χ4v) is 5.35. The lowest BCUT2D eigenvalue weighted by Gasteiger charge is -2.31. The van der Waals surface area contributed by atoms with Gasteiger partial charge in [-0.05, 0) is 55.4 Å². The Hall–Kier alpha value is -2.58. The zero-order valence-electron chi connectivity index (χ0n) is 22.5. The first kappa shape index (κ1) is 30.6. The summed E-state index contributed by atoms with van der Waals surface area (Å²) in [4.78, 5) is 28.1. The molecule has 0 heterocycles. The SMILES string of the molecule is CCC(C(=O)NCC(C)C)N(CCc1ccccc1)C(=O)CCCN(c1cccc(Cl)c1C)S(C)(=O)=O. The number of rotatable bonds is 14.